The minimum absolute atomic E-state index is 0.194. The number of aryl methyl sites for hydroxylation is 1. The van der Waals surface area contributed by atoms with Crippen molar-refractivity contribution >= 4 is 19.7 Å². The van der Waals surface area contributed by atoms with Crippen LogP contribution < -0.4 is 0 Å². The Balaban J connectivity index is 2.43. The van der Waals surface area contributed by atoms with Crippen LogP contribution >= 0.6 is 10.7 Å². The summed E-state index contributed by atoms with van der Waals surface area (Å²) in [6.07, 6.45) is 0.528. The summed E-state index contributed by atoms with van der Waals surface area (Å²) in [5, 5.41) is 7.42. The second-order valence-corrected chi connectivity index (χ2v) is 6.64. The Kier molecular flexibility index (Phi) is 3.91. The van der Waals surface area contributed by atoms with Crippen LogP contribution in [0.25, 0.3) is 0 Å². The van der Waals surface area contributed by atoms with Crippen LogP contribution in [0.2, 0.25) is 0 Å². The summed E-state index contributed by atoms with van der Waals surface area (Å²) in [6, 6.07) is 7.88. The fraction of sp³-hybridized carbons (Fsp3) is 0.333. The van der Waals surface area contributed by atoms with Gasteiger partial charge in [0.1, 0.15) is 5.82 Å². The molecule has 0 atom stereocenters. The third kappa shape index (κ3) is 2.96. The molecule has 0 bridgehead atoms. The van der Waals surface area contributed by atoms with Gasteiger partial charge in [0, 0.05) is 23.6 Å². The highest BCUT2D eigenvalue weighted by atomic mass is 35.7. The smallest absolute Gasteiger partial charge is 0.296 e. The molecule has 0 saturated heterocycles. The molecule has 0 fully saturated rings. The van der Waals surface area contributed by atoms with E-state index in [1.54, 1.807) is 0 Å². The van der Waals surface area contributed by atoms with Crippen molar-refractivity contribution in [3.8, 4) is 0 Å². The first kappa shape index (κ1) is 14.0. The van der Waals surface area contributed by atoms with E-state index in [1.807, 2.05) is 38.1 Å². The van der Waals surface area contributed by atoms with Crippen LogP contribution in [0.5, 0.6) is 0 Å². The first-order valence-electron chi connectivity index (χ1n) is 5.84. The zero-order valence-corrected chi connectivity index (χ0v) is 12.2. The zero-order valence-electron chi connectivity index (χ0n) is 10.7. The maximum Gasteiger partial charge on any atom is 0.296 e. The van der Waals surface area contributed by atoms with Gasteiger partial charge in [-0.25, -0.2) is 8.42 Å². The van der Waals surface area contributed by atoms with E-state index in [9.17, 15) is 8.42 Å². The van der Waals surface area contributed by atoms with E-state index in [2.05, 4.69) is 10.2 Å². The fourth-order valence-corrected chi connectivity index (χ4v) is 2.91. The predicted molar refractivity (Wildman–Crippen MR) is 72.7 cm³/mol. The number of hydrogen-bond donors (Lipinski definition) is 0. The third-order valence-corrected chi connectivity index (χ3v) is 4.09. The van der Waals surface area contributed by atoms with Crippen LogP contribution in [0.1, 0.15) is 23.9 Å². The summed E-state index contributed by atoms with van der Waals surface area (Å²) in [5.41, 5.74) is 2.21. The van der Waals surface area contributed by atoms with E-state index in [-0.39, 0.29) is 5.16 Å². The second kappa shape index (κ2) is 5.30. The lowest BCUT2D eigenvalue weighted by molar-refractivity contribution is 0.576. The van der Waals surface area contributed by atoms with Crippen molar-refractivity contribution in [3.05, 3.63) is 41.2 Å². The second-order valence-electron chi connectivity index (χ2n) is 4.18. The monoisotopic (exact) mass is 299 g/mol. The molecule has 0 saturated carbocycles. The third-order valence-electron chi connectivity index (χ3n) is 2.94. The van der Waals surface area contributed by atoms with Crippen LogP contribution in [-0.2, 0) is 22.0 Å². The molecule has 0 radical (unpaired) electrons. The van der Waals surface area contributed by atoms with Gasteiger partial charge in [0.05, 0.1) is 0 Å². The van der Waals surface area contributed by atoms with Gasteiger partial charge in [-0.15, -0.1) is 10.2 Å². The molecule has 0 aliphatic carbocycles. The van der Waals surface area contributed by atoms with Crippen LogP contribution in [0.15, 0.2) is 29.4 Å². The van der Waals surface area contributed by atoms with Gasteiger partial charge in [-0.3, -0.25) is 0 Å². The lowest BCUT2D eigenvalue weighted by atomic mass is 10.1. The average molecular weight is 300 g/mol. The number of benzene rings is 1. The minimum atomic E-state index is -3.87. The predicted octanol–water partition coefficient (Wildman–Crippen LogP) is 2.12. The van der Waals surface area contributed by atoms with Gasteiger partial charge in [0.15, 0.2) is 0 Å². The van der Waals surface area contributed by atoms with Gasteiger partial charge in [0.25, 0.3) is 14.2 Å². The number of rotatable bonds is 4. The molecule has 0 aliphatic rings. The lowest BCUT2D eigenvalue weighted by Gasteiger charge is -2.07. The van der Waals surface area contributed by atoms with Crippen molar-refractivity contribution in [1.82, 2.24) is 14.8 Å². The summed E-state index contributed by atoms with van der Waals surface area (Å²) >= 11 is 0. The lowest BCUT2D eigenvalue weighted by Crippen LogP contribution is -2.09. The Morgan fingerprint density at radius 1 is 1.26 bits per heavy atom. The van der Waals surface area contributed by atoms with Gasteiger partial charge < -0.3 is 4.57 Å². The number of halogens is 1. The van der Waals surface area contributed by atoms with Crippen LogP contribution in [0.4, 0.5) is 0 Å². The highest BCUT2D eigenvalue weighted by molar-refractivity contribution is 8.13. The molecule has 0 N–H and O–H groups in total. The average Bonchev–Trinajstić information content (AvgIpc) is 2.74. The highest BCUT2D eigenvalue weighted by Gasteiger charge is 2.21. The van der Waals surface area contributed by atoms with Crippen molar-refractivity contribution < 1.29 is 8.42 Å². The van der Waals surface area contributed by atoms with Crippen molar-refractivity contribution in [1.29, 1.82) is 0 Å². The maximum atomic E-state index is 11.4. The molecule has 2 rings (SSSR count). The molecular weight excluding hydrogens is 286 g/mol. The maximum absolute atomic E-state index is 11.4. The first-order valence-corrected chi connectivity index (χ1v) is 8.15. The van der Waals surface area contributed by atoms with Gasteiger partial charge in [-0.1, -0.05) is 24.3 Å². The van der Waals surface area contributed by atoms with Crippen molar-refractivity contribution in [3.63, 3.8) is 0 Å². The van der Waals surface area contributed by atoms with Crippen molar-refractivity contribution in [2.24, 2.45) is 0 Å². The Morgan fingerprint density at radius 2 is 1.95 bits per heavy atom. The molecule has 1 aromatic carbocycles. The largest absolute Gasteiger partial charge is 0.301 e. The number of aromatic nitrogens is 3. The van der Waals surface area contributed by atoms with Crippen LogP contribution in [0.3, 0.4) is 0 Å². The molecule has 5 nitrogen and oxygen atoms in total. The summed E-state index contributed by atoms with van der Waals surface area (Å²) in [7, 11) is 1.47. The Morgan fingerprint density at radius 3 is 2.53 bits per heavy atom. The highest BCUT2D eigenvalue weighted by Crippen LogP contribution is 2.17. The van der Waals surface area contributed by atoms with E-state index in [0.717, 1.165) is 11.1 Å². The van der Waals surface area contributed by atoms with Crippen molar-refractivity contribution in [2.75, 3.05) is 0 Å². The summed E-state index contributed by atoms with van der Waals surface area (Å²) in [5.74, 6) is 0.594. The Labute approximate surface area is 116 Å². The van der Waals surface area contributed by atoms with Crippen LogP contribution in [-0.4, -0.2) is 23.2 Å². The van der Waals surface area contributed by atoms with Crippen LogP contribution in [0, 0.1) is 6.92 Å². The molecule has 102 valence electrons. The molecule has 19 heavy (non-hydrogen) atoms. The van der Waals surface area contributed by atoms with E-state index in [1.165, 1.54) is 4.57 Å². The van der Waals surface area contributed by atoms with Gasteiger partial charge in [0.2, 0.25) is 0 Å². The van der Waals surface area contributed by atoms with E-state index < -0.39 is 9.05 Å². The SMILES string of the molecule is CCn1c(Cc2ccccc2C)nnc1S(=O)(=O)Cl. The normalized spacial score (nSPS) is 11.7. The van der Waals surface area contributed by atoms with E-state index in [4.69, 9.17) is 10.7 Å². The Hall–Kier alpha value is -1.40. The molecule has 0 spiro atoms. The molecular formula is C12H14ClN3O2S. The van der Waals surface area contributed by atoms with E-state index in [0.29, 0.717) is 18.8 Å². The van der Waals surface area contributed by atoms with Gasteiger partial charge in [-0.2, -0.15) is 0 Å². The fourth-order valence-electron chi connectivity index (χ4n) is 1.93. The molecule has 7 heteroatoms. The number of hydrogen-bond acceptors (Lipinski definition) is 4. The molecule has 1 aromatic heterocycles. The molecule has 0 amide bonds. The standard InChI is InChI=1S/C12H14ClN3O2S/c1-3-16-11(14-15-12(16)19(13,17)18)8-10-7-5-4-6-9(10)2/h4-7H,3,8H2,1-2H3. The number of nitrogens with zero attached hydrogens (tertiary/aromatic N) is 3. The zero-order chi connectivity index (χ0) is 14.0. The molecule has 0 unspecified atom stereocenters. The molecule has 0 aliphatic heterocycles. The Bertz CT molecular complexity index is 695. The summed E-state index contributed by atoms with van der Waals surface area (Å²) in [6.45, 7) is 4.28. The summed E-state index contributed by atoms with van der Waals surface area (Å²) < 4.78 is 24.3. The first-order chi connectivity index (χ1) is 8.93. The molecule has 1 heterocycles. The quantitative estimate of drug-likeness (QED) is 0.811. The molecule has 2 aromatic rings. The van der Waals surface area contributed by atoms with Crippen molar-refractivity contribution in [2.45, 2.75) is 32.0 Å². The van der Waals surface area contributed by atoms with Gasteiger partial charge in [-0.05, 0) is 25.0 Å². The summed E-state index contributed by atoms with van der Waals surface area (Å²) in [4.78, 5) is 0. The van der Waals surface area contributed by atoms with E-state index >= 15 is 0 Å². The van der Waals surface area contributed by atoms with Gasteiger partial charge >= 0.3 is 0 Å². The minimum Gasteiger partial charge on any atom is -0.301 e. The topological polar surface area (TPSA) is 64.8 Å².